The third-order valence-electron chi connectivity index (χ3n) is 3.80. The van der Waals surface area contributed by atoms with Crippen LogP contribution in [0.5, 0.6) is 0 Å². The lowest BCUT2D eigenvalue weighted by molar-refractivity contribution is 0.377. The zero-order chi connectivity index (χ0) is 13.0. The van der Waals surface area contributed by atoms with Crippen LogP contribution in [0.25, 0.3) is 0 Å². The smallest absolute Gasteiger partial charge is 0.0318 e. The lowest BCUT2D eigenvalue weighted by atomic mass is 10.0. The Balaban J connectivity index is 1.89. The van der Waals surface area contributed by atoms with Gasteiger partial charge in [-0.25, -0.2) is 0 Å². The maximum atomic E-state index is 3.73. The molecule has 1 fully saturated rings. The molecule has 1 aromatic rings. The number of nitrogens with one attached hydrogen (secondary N) is 1. The van der Waals surface area contributed by atoms with Gasteiger partial charge in [0.15, 0.2) is 0 Å². The molecular formula is C15H23BrN2. The molecule has 2 nitrogen and oxygen atoms in total. The van der Waals surface area contributed by atoms with Crippen molar-refractivity contribution in [2.24, 2.45) is 5.92 Å². The van der Waals surface area contributed by atoms with E-state index >= 15 is 0 Å². The highest BCUT2D eigenvalue weighted by atomic mass is 79.9. The third-order valence-corrected chi connectivity index (χ3v) is 4.29. The minimum Gasteiger partial charge on any atom is -0.310 e. The maximum Gasteiger partial charge on any atom is 0.0318 e. The summed E-state index contributed by atoms with van der Waals surface area (Å²) in [5.74, 6) is 0.816. The topological polar surface area (TPSA) is 15.3 Å². The lowest BCUT2D eigenvalue weighted by Gasteiger charge is -2.20. The van der Waals surface area contributed by atoms with E-state index in [1.807, 2.05) is 0 Å². The lowest BCUT2D eigenvalue weighted by Crippen LogP contribution is -2.28. The molecule has 0 saturated carbocycles. The minimum atomic E-state index is 0.480. The number of hydrogen-bond acceptors (Lipinski definition) is 2. The zero-order valence-corrected chi connectivity index (χ0v) is 12.9. The van der Waals surface area contributed by atoms with E-state index in [2.05, 4.69) is 64.4 Å². The van der Waals surface area contributed by atoms with Crippen LogP contribution in [0.2, 0.25) is 0 Å². The van der Waals surface area contributed by atoms with Gasteiger partial charge in [0.05, 0.1) is 0 Å². The SMILES string of the molecule is CCC(NCC1CCN(C)C1)c1cccc(Br)c1. The van der Waals surface area contributed by atoms with Crippen LogP contribution in [-0.2, 0) is 0 Å². The van der Waals surface area contributed by atoms with Crippen LogP contribution >= 0.6 is 15.9 Å². The Bertz CT molecular complexity index is 381. The Labute approximate surface area is 119 Å². The van der Waals surface area contributed by atoms with Crippen molar-refractivity contribution >= 4 is 15.9 Å². The summed E-state index contributed by atoms with van der Waals surface area (Å²) in [6.45, 7) is 5.87. The number of hydrogen-bond donors (Lipinski definition) is 1. The molecule has 0 amide bonds. The van der Waals surface area contributed by atoms with Crippen molar-refractivity contribution < 1.29 is 0 Å². The highest BCUT2D eigenvalue weighted by Gasteiger charge is 2.20. The summed E-state index contributed by atoms with van der Waals surface area (Å²) in [6.07, 6.45) is 2.47. The summed E-state index contributed by atoms with van der Waals surface area (Å²) >= 11 is 3.55. The Morgan fingerprint density at radius 2 is 2.33 bits per heavy atom. The first-order valence-electron chi connectivity index (χ1n) is 6.86. The van der Waals surface area contributed by atoms with Crippen molar-refractivity contribution in [1.82, 2.24) is 10.2 Å². The largest absolute Gasteiger partial charge is 0.310 e. The molecule has 1 saturated heterocycles. The molecule has 0 bridgehead atoms. The van der Waals surface area contributed by atoms with E-state index < -0.39 is 0 Å². The number of rotatable bonds is 5. The molecule has 1 N–H and O–H groups in total. The van der Waals surface area contributed by atoms with E-state index in [1.165, 1.54) is 29.5 Å². The summed E-state index contributed by atoms with van der Waals surface area (Å²) in [5, 5.41) is 3.73. The van der Waals surface area contributed by atoms with E-state index in [-0.39, 0.29) is 0 Å². The fraction of sp³-hybridized carbons (Fsp3) is 0.600. The van der Waals surface area contributed by atoms with E-state index in [4.69, 9.17) is 0 Å². The molecule has 1 aliphatic heterocycles. The molecular weight excluding hydrogens is 288 g/mol. The summed E-state index contributed by atoms with van der Waals surface area (Å²) in [6, 6.07) is 9.12. The highest BCUT2D eigenvalue weighted by molar-refractivity contribution is 9.10. The van der Waals surface area contributed by atoms with Crippen molar-refractivity contribution in [3.63, 3.8) is 0 Å². The molecule has 2 rings (SSSR count). The summed E-state index contributed by atoms with van der Waals surface area (Å²) < 4.78 is 1.17. The quantitative estimate of drug-likeness (QED) is 0.896. The van der Waals surface area contributed by atoms with Crippen LogP contribution < -0.4 is 5.32 Å². The van der Waals surface area contributed by atoms with Gasteiger partial charge >= 0.3 is 0 Å². The Hall–Kier alpha value is -0.380. The van der Waals surface area contributed by atoms with Gasteiger partial charge in [0.1, 0.15) is 0 Å². The standard InChI is InChI=1S/C15H23BrN2/c1-3-15(13-5-4-6-14(16)9-13)17-10-12-7-8-18(2)11-12/h4-6,9,12,15,17H,3,7-8,10-11H2,1-2H3. The molecule has 1 aliphatic rings. The Kier molecular flexibility index (Phi) is 5.22. The van der Waals surface area contributed by atoms with Crippen molar-refractivity contribution in [2.45, 2.75) is 25.8 Å². The molecule has 3 heteroatoms. The van der Waals surface area contributed by atoms with Crippen molar-refractivity contribution in [3.8, 4) is 0 Å². The molecule has 1 heterocycles. The summed E-state index contributed by atoms with van der Waals surface area (Å²) in [7, 11) is 2.21. The van der Waals surface area contributed by atoms with E-state index in [9.17, 15) is 0 Å². The predicted octanol–water partition coefficient (Wildman–Crippen LogP) is 3.44. The van der Waals surface area contributed by atoms with Crippen LogP contribution in [-0.4, -0.2) is 31.6 Å². The first-order valence-corrected chi connectivity index (χ1v) is 7.65. The van der Waals surface area contributed by atoms with E-state index in [0.717, 1.165) is 18.9 Å². The summed E-state index contributed by atoms with van der Waals surface area (Å²) in [5.41, 5.74) is 1.39. The van der Waals surface area contributed by atoms with Gasteiger partial charge in [-0.05, 0) is 56.6 Å². The van der Waals surface area contributed by atoms with Crippen LogP contribution in [0.3, 0.4) is 0 Å². The fourth-order valence-electron chi connectivity index (χ4n) is 2.72. The average molecular weight is 311 g/mol. The van der Waals surface area contributed by atoms with Crippen LogP contribution in [0.1, 0.15) is 31.4 Å². The molecule has 2 atom stereocenters. The van der Waals surface area contributed by atoms with E-state index in [0.29, 0.717) is 6.04 Å². The van der Waals surface area contributed by atoms with Gasteiger partial charge in [0, 0.05) is 17.1 Å². The molecule has 0 radical (unpaired) electrons. The normalized spacial score (nSPS) is 22.3. The number of halogens is 1. The zero-order valence-electron chi connectivity index (χ0n) is 11.3. The van der Waals surface area contributed by atoms with Gasteiger partial charge in [0.25, 0.3) is 0 Å². The number of likely N-dealkylation sites (tertiary alicyclic amines) is 1. The molecule has 0 aliphatic carbocycles. The first-order chi connectivity index (χ1) is 8.69. The molecule has 2 unspecified atom stereocenters. The highest BCUT2D eigenvalue weighted by Crippen LogP contribution is 2.22. The van der Waals surface area contributed by atoms with Crippen molar-refractivity contribution in [3.05, 3.63) is 34.3 Å². The second-order valence-corrected chi connectivity index (χ2v) is 6.26. The molecule has 100 valence electrons. The fourth-order valence-corrected chi connectivity index (χ4v) is 3.14. The number of nitrogens with zero attached hydrogens (tertiary/aromatic N) is 1. The molecule has 0 spiro atoms. The van der Waals surface area contributed by atoms with Gasteiger partial charge in [-0.15, -0.1) is 0 Å². The first kappa shape index (κ1) is 14.0. The molecule has 0 aromatic heterocycles. The van der Waals surface area contributed by atoms with Crippen molar-refractivity contribution in [2.75, 3.05) is 26.7 Å². The van der Waals surface area contributed by atoms with Crippen LogP contribution in [0.4, 0.5) is 0 Å². The molecule has 1 aromatic carbocycles. The van der Waals surface area contributed by atoms with Crippen molar-refractivity contribution in [1.29, 1.82) is 0 Å². The summed E-state index contributed by atoms with van der Waals surface area (Å²) in [4.78, 5) is 2.42. The monoisotopic (exact) mass is 310 g/mol. The third kappa shape index (κ3) is 3.81. The van der Waals surface area contributed by atoms with Gasteiger partial charge in [-0.2, -0.15) is 0 Å². The Morgan fingerprint density at radius 3 is 2.94 bits per heavy atom. The second-order valence-electron chi connectivity index (χ2n) is 5.34. The number of benzene rings is 1. The predicted molar refractivity (Wildman–Crippen MR) is 80.8 cm³/mol. The maximum absolute atomic E-state index is 3.73. The van der Waals surface area contributed by atoms with E-state index in [1.54, 1.807) is 0 Å². The van der Waals surface area contributed by atoms with Gasteiger partial charge in [-0.1, -0.05) is 35.0 Å². The minimum absolute atomic E-state index is 0.480. The van der Waals surface area contributed by atoms with Crippen LogP contribution in [0.15, 0.2) is 28.7 Å². The average Bonchev–Trinajstić information content (AvgIpc) is 2.76. The van der Waals surface area contributed by atoms with Gasteiger partial charge < -0.3 is 10.2 Å². The molecule has 18 heavy (non-hydrogen) atoms. The van der Waals surface area contributed by atoms with Crippen LogP contribution in [0, 0.1) is 5.92 Å². The Morgan fingerprint density at radius 1 is 1.50 bits per heavy atom. The van der Waals surface area contributed by atoms with Gasteiger partial charge in [0.2, 0.25) is 0 Å². The van der Waals surface area contributed by atoms with Gasteiger partial charge in [-0.3, -0.25) is 0 Å². The second kappa shape index (κ2) is 6.69.